The van der Waals surface area contributed by atoms with Gasteiger partial charge in [0.05, 0.1) is 17.8 Å². The largest absolute Gasteiger partial charge is 0.469 e. The first kappa shape index (κ1) is 23.3. The number of carbonyl (C=O) groups excluding carboxylic acids is 1. The van der Waals surface area contributed by atoms with Gasteiger partial charge in [-0.1, -0.05) is 29.8 Å². The third kappa shape index (κ3) is 3.86. The van der Waals surface area contributed by atoms with E-state index in [4.69, 9.17) is 21.1 Å². The van der Waals surface area contributed by atoms with Crippen LogP contribution in [-0.4, -0.2) is 30.5 Å². The smallest absolute Gasteiger partial charge is 0.454 e. The van der Waals surface area contributed by atoms with E-state index >= 15 is 0 Å². The molecule has 3 aromatic carbocycles. The number of alkyl halides is 4. The van der Waals surface area contributed by atoms with Crippen LogP contribution >= 0.6 is 11.6 Å². The van der Waals surface area contributed by atoms with Gasteiger partial charge in [0, 0.05) is 16.3 Å². The molecule has 0 spiro atoms. The van der Waals surface area contributed by atoms with Crippen molar-refractivity contribution in [2.75, 3.05) is 18.7 Å². The molecular weight excluding hydrogens is 518 g/mol. The summed E-state index contributed by atoms with van der Waals surface area (Å²) in [7, 11) is 0. The number of amides is 2. The maximum absolute atomic E-state index is 14.1. The van der Waals surface area contributed by atoms with Gasteiger partial charge in [0.2, 0.25) is 6.79 Å². The normalized spacial score (nSPS) is 18.4. The van der Waals surface area contributed by atoms with Gasteiger partial charge in [0.25, 0.3) is 0 Å². The van der Waals surface area contributed by atoms with Crippen LogP contribution in [0, 0.1) is 0 Å². The van der Waals surface area contributed by atoms with Gasteiger partial charge >= 0.3 is 18.1 Å². The van der Waals surface area contributed by atoms with Crippen molar-refractivity contribution in [2.45, 2.75) is 12.0 Å². The van der Waals surface area contributed by atoms with Gasteiger partial charge < -0.3 is 19.5 Å². The Kier molecular flexibility index (Phi) is 5.16. The lowest BCUT2D eigenvalue weighted by atomic mass is 10.0. The predicted molar refractivity (Wildman–Crippen MR) is 126 cm³/mol. The summed E-state index contributed by atoms with van der Waals surface area (Å²) >= 11 is 6.03. The zero-order valence-electron chi connectivity index (χ0n) is 18.7. The Labute approximate surface area is 212 Å². The zero-order chi connectivity index (χ0) is 25.9. The van der Waals surface area contributed by atoms with Crippen molar-refractivity contribution in [3.63, 3.8) is 0 Å². The van der Waals surface area contributed by atoms with E-state index in [1.54, 1.807) is 36.4 Å². The lowest BCUT2D eigenvalue weighted by molar-refractivity contribution is -0.296. The van der Waals surface area contributed by atoms with Crippen molar-refractivity contribution < 1.29 is 36.6 Å². The molecule has 2 amide bonds. The average Bonchev–Trinajstić information content (AvgIpc) is 3.55. The summed E-state index contributed by atoms with van der Waals surface area (Å²) in [6.07, 6.45) is -4.68. The summed E-state index contributed by atoms with van der Waals surface area (Å²) in [5, 5.41) is 4.24. The molecule has 0 fully saturated rings. The van der Waals surface area contributed by atoms with Gasteiger partial charge in [0.15, 0.2) is 11.5 Å². The fraction of sp³-hybridized carbons (Fsp3) is 0.160. The fourth-order valence-electron chi connectivity index (χ4n) is 4.27. The lowest BCUT2D eigenvalue weighted by Gasteiger charge is -2.19. The van der Waals surface area contributed by atoms with Crippen molar-refractivity contribution in [2.24, 2.45) is 0 Å². The number of anilines is 1. The van der Waals surface area contributed by atoms with E-state index in [0.29, 0.717) is 22.2 Å². The topological polar surface area (TPSA) is 72.1 Å². The molecule has 0 atom stereocenters. The lowest BCUT2D eigenvalue weighted by Crippen LogP contribution is -2.40. The van der Waals surface area contributed by atoms with Gasteiger partial charge in [0.1, 0.15) is 5.75 Å². The number of urea groups is 1. The highest BCUT2D eigenvalue weighted by molar-refractivity contribution is 6.30. The van der Waals surface area contributed by atoms with Crippen molar-refractivity contribution in [1.29, 1.82) is 0 Å². The van der Waals surface area contributed by atoms with Crippen LogP contribution in [0.1, 0.15) is 16.7 Å². The maximum Gasteiger partial charge on any atom is 0.469 e. The molecule has 2 N–H and O–H groups in total. The zero-order valence-corrected chi connectivity index (χ0v) is 19.4. The molecule has 0 saturated carbocycles. The minimum Gasteiger partial charge on any atom is -0.454 e. The second-order valence-corrected chi connectivity index (χ2v) is 8.90. The highest BCUT2D eigenvalue weighted by Crippen LogP contribution is 2.53. The van der Waals surface area contributed by atoms with Crippen LogP contribution in [0.5, 0.6) is 17.2 Å². The monoisotopic (exact) mass is 533 g/mol. The molecule has 190 valence electrons. The van der Waals surface area contributed by atoms with Gasteiger partial charge in [-0.2, -0.15) is 17.6 Å². The Balaban J connectivity index is 1.28. The molecule has 0 bridgehead atoms. The Morgan fingerprint density at radius 3 is 2.41 bits per heavy atom. The number of nitrogens with zero attached hydrogens (tertiary/aromatic N) is 1. The van der Waals surface area contributed by atoms with Crippen LogP contribution in [0.4, 0.5) is 28.0 Å². The third-order valence-corrected chi connectivity index (χ3v) is 6.39. The standard InChI is InChI=1S/C25H16ClF4N3O4/c26-15-4-1-13(2-5-15)22-17(14-3-7-20-21(9-14)36-12-35-20)11-33(32-22)23(34)31-16-6-8-19-18(10-16)24(27,28)25(29,30)37-19/h1-10,32H,11-12H2,(H,31,34). The minimum atomic E-state index is -4.68. The van der Waals surface area contributed by atoms with Crippen LogP contribution in [0.2, 0.25) is 5.02 Å². The summed E-state index contributed by atoms with van der Waals surface area (Å²) in [5.74, 6) is -4.03. The molecule has 12 heteroatoms. The number of hydrogen-bond acceptors (Lipinski definition) is 5. The molecule has 3 aliphatic heterocycles. The van der Waals surface area contributed by atoms with Crippen LogP contribution in [-0.2, 0) is 5.92 Å². The molecule has 3 aliphatic rings. The Hall–Kier alpha value is -4.12. The number of hydrogen-bond donors (Lipinski definition) is 2. The van der Waals surface area contributed by atoms with E-state index < -0.39 is 29.4 Å². The molecule has 0 radical (unpaired) electrons. The van der Waals surface area contributed by atoms with E-state index in [9.17, 15) is 22.4 Å². The van der Waals surface area contributed by atoms with Crippen molar-refractivity contribution >= 4 is 34.6 Å². The fourth-order valence-corrected chi connectivity index (χ4v) is 4.39. The van der Waals surface area contributed by atoms with E-state index in [1.807, 2.05) is 6.07 Å². The molecule has 3 aromatic rings. The Morgan fingerprint density at radius 2 is 1.62 bits per heavy atom. The van der Waals surface area contributed by atoms with Crippen molar-refractivity contribution in [1.82, 2.24) is 10.4 Å². The SMILES string of the molecule is O=C(Nc1ccc2c(c1)C(F)(F)C(F)(F)O2)N1CC(c2ccc3c(c2)OCO3)=C(c2ccc(Cl)cc2)N1. The van der Waals surface area contributed by atoms with Crippen LogP contribution < -0.4 is 25.0 Å². The Morgan fingerprint density at radius 1 is 0.919 bits per heavy atom. The first-order valence-electron chi connectivity index (χ1n) is 11.0. The molecule has 3 heterocycles. The van der Waals surface area contributed by atoms with E-state index in [1.165, 1.54) is 11.1 Å². The second-order valence-electron chi connectivity index (χ2n) is 8.46. The molecule has 0 saturated heterocycles. The van der Waals surface area contributed by atoms with Gasteiger partial charge in [-0.25, -0.2) is 9.80 Å². The number of carbonyl (C=O) groups is 1. The summed E-state index contributed by atoms with van der Waals surface area (Å²) in [6.45, 7) is 0.192. The summed E-state index contributed by atoms with van der Waals surface area (Å²) < 4.78 is 70.2. The second kappa shape index (κ2) is 8.20. The minimum absolute atomic E-state index is 0.0890. The summed E-state index contributed by atoms with van der Waals surface area (Å²) in [5.41, 5.74) is 4.78. The van der Waals surface area contributed by atoms with Crippen LogP contribution in [0.25, 0.3) is 11.3 Å². The molecular formula is C25H16ClF4N3O4. The predicted octanol–water partition coefficient (Wildman–Crippen LogP) is 6.07. The van der Waals surface area contributed by atoms with Gasteiger partial charge in [-0.15, -0.1) is 0 Å². The number of fused-ring (bicyclic) bond motifs is 2. The third-order valence-electron chi connectivity index (χ3n) is 6.14. The van der Waals surface area contributed by atoms with Gasteiger partial charge in [-0.3, -0.25) is 5.43 Å². The molecule has 0 unspecified atom stereocenters. The van der Waals surface area contributed by atoms with E-state index in [-0.39, 0.29) is 19.0 Å². The first-order valence-corrected chi connectivity index (χ1v) is 11.3. The number of halogens is 5. The van der Waals surface area contributed by atoms with Crippen LogP contribution in [0.3, 0.4) is 0 Å². The first-order chi connectivity index (χ1) is 17.6. The number of rotatable bonds is 3. The molecule has 0 aliphatic carbocycles. The van der Waals surface area contributed by atoms with Crippen molar-refractivity contribution in [3.8, 4) is 17.2 Å². The van der Waals surface area contributed by atoms with E-state index in [2.05, 4.69) is 15.5 Å². The number of nitrogens with one attached hydrogen (secondary N) is 2. The maximum atomic E-state index is 14.1. The van der Waals surface area contributed by atoms with Crippen molar-refractivity contribution in [3.05, 3.63) is 82.4 Å². The molecule has 7 nitrogen and oxygen atoms in total. The number of ether oxygens (including phenoxy) is 3. The summed E-state index contributed by atoms with van der Waals surface area (Å²) in [6, 6.07) is 14.6. The molecule has 0 aromatic heterocycles. The average molecular weight is 534 g/mol. The molecule has 6 rings (SSSR count). The highest BCUT2D eigenvalue weighted by atomic mass is 35.5. The number of hydrazine groups is 1. The summed E-state index contributed by atoms with van der Waals surface area (Å²) in [4.78, 5) is 13.1. The molecule has 37 heavy (non-hydrogen) atoms. The quantitative estimate of drug-likeness (QED) is 0.400. The highest BCUT2D eigenvalue weighted by Gasteiger charge is 2.66. The van der Waals surface area contributed by atoms with Gasteiger partial charge in [-0.05, 0) is 53.6 Å². The Bertz CT molecular complexity index is 1460. The van der Waals surface area contributed by atoms with E-state index in [0.717, 1.165) is 28.8 Å². The number of benzene rings is 3. The van der Waals surface area contributed by atoms with Crippen LogP contribution in [0.15, 0.2) is 60.7 Å².